The first kappa shape index (κ1) is 15.9. The Bertz CT molecular complexity index is 598. The number of halogens is 2. The van der Waals surface area contributed by atoms with Gasteiger partial charge in [-0.15, -0.1) is 11.3 Å². The van der Waals surface area contributed by atoms with Gasteiger partial charge in [0.2, 0.25) is 0 Å². The molecule has 1 N–H and O–H groups in total. The van der Waals surface area contributed by atoms with E-state index in [1.807, 2.05) is 13.0 Å². The lowest BCUT2D eigenvalue weighted by Gasteiger charge is -2.19. The maximum absolute atomic E-state index is 12.4. The van der Waals surface area contributed by atoms with E-state index in [0.29, 0.717) is 0 Å². The van der Waals surface area contributed by atoms with Gasteiger partial charge in [-0.2, -0.15) is 8.78 Å². The average molecular weight is 311 g/mol. The minimum atomic E-state index is -2.80. The summed E-state index contributed by atoms with van der Waals surface area (Å²) in [7, 11) is 0. The molecule has 1 aromatic heterocycles. The molecule has 1 atom stereocenters. The van der Waals surface area contributed by atoms with E-state index in [4.69, 9.17) is 0 Å². The van der Waals surface area contributed by atoms with E-state index in [2.05, 4.69) is 30.0 Å². The molecule has 0 fully saturated rings. The van der Waals surface area contributed by atoms with Crippen LogP contribution in [-0.2, 0) is 0 Å². The highest BCUT2D eigenvalue weighted by Crippen LogP contribution is 2.33. The Balaban J connectivity index is 2.36. The van der Waals surface area contributed by atoms with Gasteiger partial charge < -0.3 is 10.1 Å². The van der Waals surface area contributed by atoms with Crippen LogP contribution in [0.1, 0.15) is 33.8 Å². The molecule has 5 heteroatoms. The molecule has 0 aliphatic heterocycles. The highest BCUT2D eigenvalue weighted by molar-refractivity contribution is 7.12. The quantitative estimate of drug-likeness (QED) is 0.837. The fraction of sp³-hybridized carbons (Fsp3) is 0.375. The largest absolute Gasteiger partial charge is 0.435 e. The summed E-state index contributed by atoms with van der Waals surface area (Å²) in [6.45, 7) is 4.16. The lowest BCUT2D eigenvalue weighted by Crippen LogP contribution is -2.21. The number of thiophene rings is 1. The minimum Gasteiger partial charge on any atom is -0.435 e. The first-order valence-electron chi connectivity index (χ1n) is 6.86. The molecule has 1 heterocycles. The molecule has 0 spiro atoms. The molecule has 0 amide bonds. The SMILES string of the molecule is CCNC(c1cccc(OC(F)F)c1)c1sc(C)cc1C. The van der Waals surface area contributed by atoms with Crippen LogP contribution in [0, 0.1) is 13.8 Å². The average Bonchev–Trinajstić information content (AvgIpc) is 2.74. The lowest BCUT2D eigenvalue weighted by atomic mass is 10.0. The number of hydrogen-bond acceptors (Lipinski definition) is 3. The third kappa shape index (κ3) is 4.02. The second-order valence-corrected chi connectivity index (χ2v) is 6.13. The van der Waals surface area contributed by atoms with E-state index >= 15 is 0 Å². The zero-order chi connectivity index (χ0) is 15.4. The summed E-state index contributed by atoms with van der Waals surface area (Å²) in [5, 5.41) is 3.42. The number of hydrogen-bond donors (Lipinski definition) is 1. The molecule has 0 saturated heterocycles. The number of ether oxygens (including phenoxy) is 1. The van der Waals surface area contributed by atoms with Gasteiger partial charge in [0.1, 0.15) is 5.75 Å². The van der Waals surface area contributed by atoms with Crippen LogP contribution in [0.15, 0.2) is 30.3 Å². The van der Waals surface area contributed by atoms with Crippen molar-refractivity contribution >= 4 is 11.3 Å². The Morgan fingerprint density at radius 1 is 1.24 bits per heavy atom. The second kappa shape index (κ2) is 7.00. The van der Waals surface area contributed by atoms with E-state index in [9.17, 15) is 8.78 Å². The molecule has 114 valence electrons. The van der Waals surface area contributed by atoms with Crippen molar-refractivity contribution in [3.8, 4) is 5.75 Å². The zero-order valence-electron chi connectivity index (χ0n) is 12.3. The van der Waals surface area contributed by atoms with Crippen molar-refractivity contribution in [3.63, 3.8) is 0 Å². The Labute approximate surface area is 127 Å². The zero-order valence-corrected chi connectivity index (χ0v) is 13.1. The van der Waals surface area contributed by atoms with Crippen LogP contribution >= 0.6 is 11.3 Å². The van der Waals surface area contributed by atoms with Crippen molar-refractivity contribution in [1.29, 1.82) is 0 Å². The van der Waals surface area contributed by atoms with Gasteiger partial charge in [-0.25, -0.2) is 0 Å². The van der Waals surface area contributed by atoms with Crippen molar-refractivity contribution in [2.24, 2.45) is 0 Å². The number of aryl methyl sites for hydroxylation is 2. The summed E-state index contributed by atoms with van der Waals surface area (Å²) in [4.78, 5) is 2.45. The molecule has 1 aromatic carbocycles. The standard InChI is InChI=1S/C16H19F2NOS/c1-4-19-14(15-10(2)8-11(3)21-15)12-6-5-7-13(9-12)20-16(17)18/h5-9,14,16,19H,4H2,1-3H3. The van der Waals surface area contributed by atoms with Crippen LogP contribution in [0.3, 0.4) is 0 Å². The summed E-state index contributed by atoms with van der Waals surface area (Å²) < 4.78 is 29.2. The molecular formula is C16H19F2NOS. The van der Waals surface area contributed by atoms with Crippen LogP contribution in [-0.4, -0.2) is 13.2 Å². The monoisotopic (exact) mass is 311 g/mol. The molecule has 2 aromatic rings. The first-order valence-corrected chi connectivity index (χ1v) is 7.68. The summed E-state index contributed by atoms with van der Waals surface area (Å²) in [5.74, 6) is 0.191. The fourth-order valence-corrected chi connectivity index (χ4v) is 3.52. The number of rotatable bonds is 6. The Morgan fingerprint density at radius 3 is 2.57 bits per heavy atom. The molecule has 0 bridgehead atoms. The molecule has 0 aliphatic rings. The smallest absolute Gasteiger partial charge is 0.387 e. The van der Waals surface area contributed by atoms with Gasteiger partial charge in [0.25, 0.3) is 0 Å². The van der Waals surface area contributed by atoms with Crippen LogP contribution in [0.25, 0.3) is 0 Å². The maximum Gasteiger partial charge on any atom is 0.387 e. The molecule has 0 aliphatic carbocycles. The van der Waals surface area contributed by atoms with Crippen LogP contribution < -0.4 is 10.1 Å². The van der Waals surface area contributed by atoms with Gasteiger partial charge >= 0.3 is 6.61 Å². The summed E-state index contributed by atoms with van der Waals surface area (Å²) in [6, 6.07) is 9.03. The van der Waals surface area contributed by atoms with Gasteiger partial charge in [0.05, 0.1) is 6.04 Å². The molecule has 0 saturated carbocycles. The van der Waals surface area contributed by atoms with E-state index < -0.39 is 6.61 Å². The molecular weight excluding hydrogens is 292 g/mol. The molecule has 21 heavy (non-hydrogen) atoms. The topological polar surface area (TPSA) is 21.3 Å². The Morgan fingerprint density at radius 2 is 2.00 bits per heavy atom. The van der Waals surface area contributed by atoms with Crippen molar-refractivity contribution in [2.45, 2.75) is 33.4 Å². The molecule has 0 radical (unpaired) electrons. The third-order valence-electron chi connectivity index (χ3n) is 3.17. The van der Waals surface area contributed by atoms with E-state index in [1.165, 1.54) is 15.3 Å². The van der Waals surface area contributed by atoms with Gasteiger partial charge in [0, 0.05) is 9.75 Å². The van der Waals surface area contributed by atoms with Gasteiger partial charge in [0.15, 0.2) is 0 Å². The Hall–Kier alpha value is -1.46. The second-order valence-electron chi connectivity index (χ2n) is 4.85. The summed E-state index contributed by atoms with van der Waals surface area (Å²) in [5.41, 5.74) is 2.14. The summed E-state index contributed by atoms with van der Waals surface area (Å²) in [6.07, 6.45) is 0. The third-order valence-corrected chi connectivity index (χ3v) is 4.38. The predicted octanol–water partition coefficient (Wildman–Crippen LogP) is 4.67. The van der Waals surface area contributed by atoms with E-state index in [1.54, 1.807) is 29.5 Å². The molecule has 2 rings (SSSR count). The van der Waals surface area contributed by atoms with E-state index in [0.717, 1.165) is 12.1 Å². The molecule has 2 nitrogen and oxygen atoms in total. The van der Waals surface area contributed by atoms with Crippen molar-refractivity contribution in [1.82, 2.24) is 5.32 Å². The van der Waals surface area contributed by atoms with Gasteiger partial charge in [-0.05, 0) is 49.7 Å². The van der Waals surface area contributed by atoms with Crippen molar-refractivity contribution in [3.05, 3.63) is 51.2 Å². The number of benzene rings is 1. The Kier molecular flexibility index (Phi) is 5.31. The summed E-state index contributed by atoms with van der Waals surface area (Å²) >= 11 is 1.73. The maximum atomic E-state index is 12.4. The molecule has 1 unspecified atom stereocenters. The van der Waals surface area contributed by atoms with Gasteiger partial charge in [-0.3, -0.25) is 0 Å². The first-order chi connectivity index (χ1) is 10.0. The van der Waals surface area contributed by atoms with Crippen LogP contribution in [0.4, 0.5) is 8.78 Å². The predicted molar refractivity (Wildman–Crippen MR) is 82.4 cm³/mol. The van der Waals surface area contributed by atoms with Crippen LogP contribution in [0.2, 0.25) is 0 Å². The number of alkyl halides is 2. The minimum absolute atomic E-state index is 0.00470. The highest BCUT2D eigenvalue weighted by Gasteiger charge is 2.18. The lowest BCUT2D eigenvalue weighted by molar-refractivity contribution is -0.0498. The van der Waals surface area contributed by atoms with E-state index in [-0.39, 0.29) is 11.8 Å². The van der Waals surface area contributed by atoms with Gasteiger partial charge in [-0.1, -0.05) is 19.1 Å². The van der Waals surface area contributed by atoms with Crippen LogP contribution in [0.5, 0.6) is 5.75 Å². The fourth-order valence-electron chi connectivity index (χ4n) is 2.38. The van der Waals surface area contributed by atoms with Crippen molar-refractivity contribution < 1.29 is 13.5 Å². The van der Waals surface area contributed by atoms with Crippen molar-refractivity contribution in [2.75, 3.05) is 6.54 Å². The normalized spacial score (nSPS) is 12.7. The highest BCUT2D eigenvalue weighted by atomic mass is 32.1. The number of nitrogens with one attached hydrogen (secondary N) is 1.